The molecule has 0 fully saturated rings. The number of amides is 3. The van der Waals surface area contributed by atoms with E-state index >= 15 is 0 Å². The standard InChI is InChI=1S/C16H14FN3O3/c17-13-9-5-4-8-12(13)16(23)18-10-14(21)19-20-15(22)11-6-2-1-3-7-11/h1-9H,10H2,(H,18,23)(H,19,21)(H,20,22). The second-order valence-electron chi connectivity index (χ2n) is 4.53. The minimum Gasteiger partial charge on any atom is -0.343 e. The summed E-state index contributed by atoms with van der Waals surface area (Å²) in [4.78, 5) is 35.0. The molecule has 0 unspecified atom stereocenters. The SMILES string of the molecule is O=C(CNC(=O)c1ccccc1F)NNC(=O)c1ccccc1. The molecule has 23 heavy (non-hydrogen) atoms. The smallest absolute Gasteiger partial charge is 0.269 e. The van der Waals surface area contributed by atoms with Crippen molar-refractivity contribution in [3.63, 3.8) is 0 Å². The van der Waals surface area contributed by atoms with Crippen molar-refractivity contribution in [2.24, 2.45) is 0 Å². The van der Waals surface area contributed by atoms with Gasteiger partial charge in [-0.1, -0.05) is 30.3 Å². The maximum atomic E-state index is 13.4. The number of carbonyl (C=O) groups is 3. The van der Waals surface area contributed by atoms with Gasteiger partial charge in [-0.15, -0.1) is 0 Å². The lowest BCUT2D eigenvalue weighted by Crippen LogP contribution is -2.46. The van der Waals surface area contributed by atoms with Gasteiger partial charge >= 0.3 is 0 Å². The lowest BCUT2D eigenvalue weighted by Gasteiger charge is -2.08. The second-order valence-corrected chi connectivity index (χ2v) is 4.53. The third-order valence-electron chi connectivity index (χ3n) is 2.88. The van der Waals surface area contributed by atoms with Gasteiger partial charge in [-0.2, -0.15) is 0 Å². The van der Waals surface area contributed by atoms with Crippen molar-refractivity contribution in [3.05, 3.63) is 71.5 Å². The number of carbonyl (C=O) groups excluding carboxylic acids is 3. The molecular weight excluding hydrogens is 301 g/mol. The molecule has 0 aromatic heterocycles. The molecule has 3 N–H and O–H groups in total. The van der Waals surface area contributed by atoms with Gasteiger partial charge in [0.15, 0.2) is 0 Å². The summed E-state index contributed by atoms with van der Waals surface area (Å²) in [5, 5.41) is 2.26. The van der Waals surface area contributed by atoms with Crippen LogP contribution in [0, 0.1) is 5.82 Å². The number of hydrogen-bond acceptors (Lipinski definition) is 3. The van der Waals surface area contributed by atoms with Crippen molar-refractivity contribution < 1.29 is 18.8 Å². The fourth-order valence-electron chi connectivity index (χ4n) is 1.73. The van der Waals surface area contributed by atoms with Crippen LogP contribution in [-0.2, 0) is 4.79 Å². The summed E-state index contributed by atoms with van der Waals surface area (Å²) in [6, 6.07) is 13.7. The van der Waals surface area contributed by atoms with Crippen molar-refractivity contribution in [1.82, 2.24) is 16.2 Å². The van der Waals surface area contributed by atoms with Gasteiger partial charge in [0.1, 0.15) is 5.82 Å². The molecule has 6 nitrogen and oxygen atoms in total. The van der Waals surface area contributed by atoms with Crippen LogP contribution >= 0.6 is 0 Å². The Balaban J connectivity index is 1.78. The fraction of sp³-hybridized carbons (Fsp3) is 0.0625. The van der Waals surface area contributed by atoms with Crippen LogP contribution in [0.15, 0.2) is 54.6 Å². The Labute approximate surface area is 131 Å². The average Bonchev–Trinajstić information content (AvgIpc) is 2.58. The number of hydrazine groups is 1. The molecule has 2 aromatic rings. The van der Waals surface area contributed by atoms with Gasteiger partial charge in [0.2, 0.25) is 0 Å². The van der Waals surface area contributed by atoms with Gasteiger partial charge in [0, 0.05) is 5.56 Å². The molecule has 0 bridgehead atoms. The Morgan fingerprint density at radius 2 is 1.48 bits per heavy atom. The van der Waals surface area contributed by atoms with Crippen molar-refractivity contribution in [1.29, 1.82) is 0 Å². The lowest BCUT2D eigenvalue weighted by atomic mass is 10.2. The first-order chi connectivity index (χ1) is 11.1. The number of hydrogen-bond donors (Lipinski definition) is 3. The van der Waals surface area contributed by atoms with Crippen LogP contribution in [-0.4, -0.2) is 24.3 Å². The number of nitrogens with one attached hydrogen (secondary N) is 3. The van der Waals surface area contributed by atoms with Crippen molar-refractivity contribution >= 4 is 17.7 Å². The van der Waals surface area contributed by atoms with E-state index < -0.39 is 30.1 Å². The molecule has 0 saturated heterocycles. The molecule has 118 valence electrons. The van der Waals surface area contributed by atoms with E-state index in [-0.39, 0.29) is 5.56 Å². The van der Waals surface area contributed by atoms with Crippen molar-refractivity contribution in [3.8, 4) is 0 Å². The number of rotatable bonds is 4. The van der Waals surface area contributed by atoms with E-state index in [1.807, 2.05) is 0 Å². The predicted octanol–water partition coefficient (Wildman–Crippen LogP) is 1.02. The summed E-state index contributed by atoms with van der Waals surface area (Å²) >= 11 is 0. The highest BCUT2D eigenvalue weighted by Crippen LogP contribution is 2.05. The maximum absolute atomic E-state index is 13.4. The molecule has 0 saturated carbocycles. The van der Waals surface area contributed by atoms with E-state index in [2.05, 4.69) is 16.2 Å². The van der Waals surface area contributed by atoms with E-state index in [0.29, 0.717) is 5.56 Å². The van der Waals surface area contributed by atoms with Gasteiger partial charge in [-0.25, -0.2) is 4.39 Å². The zero-order valence-corrected chi connectivity index (χ0v) is 12.0. The average molecular weight is 315 g/mol. The van der Waals surface area contributed by atoms with Crippen LogP contribution in [0.1, 0.15) is 20.7 Å². The van der Waals surface area contributed by atoms with Crippen LogP contribution in [0.5, 0.6) is 0 Å². The Morgan fingerprint density at radius 3 is 2.17 bits per heavy atom. The van der Waals surface area contributed by atoms with Gasteiger partial charge in [0.05, 0.1) is 12.1 Å². The molecule has 0 spiro atoms. The van der Waals surface area contributed by atoms with Gasteiger partial charge in [-0.3, -0.25) is 25.2 Å². The van der Waals surface area contributed by atoms with Crippen LogP contribution in [0.25, 0.3) is 0 Å². The Morgan fingerprint density at radius 1 is 0.826 bits per heavy atom. The normalized spacial score (nSPS) is 9.78. The van der Waals surface area contributed by atoms with Gasteiger partial charge in [0.25, 0.3) is 17.7 Å². The summed E-state index contributed by atoms with van der Waals surface area (Å²) in [5.74, 6) is -2.52. The molecule has 0 aliphatic carbocycles. The highest BCUT2D eigenvalue weighted by molar-refractivity contribution is 5.98. The first kappa shape index (κ1) is 16.2. The largest absolute Gasteiger partial charge is 0.343 e. The first-order valence-electron chi connectivity index (χ1n) is 6.75. The first-order valence-corrected chi connectivity index (χ1v) is 6.75. The molecular formula is C16H14FN3O3. The van der Waals surface area contributed by atoms with E-state index in [1.54, 1.807) is 30.3 Å². The summed E-state index contributed by atoms with van der Waals surface area (Å²) in [5.41, 5.74) is 4.58. The van der Waals surface area contributed by atoms with Crippen LogP contribution in [0.2, 0.25) is 0 Å². The Kier molecular flexibility index (Phi) is 5.40. The predicted molar refractivity (Wildman–Crippen MR) is 80.8 cm³/mol. The number of halogens is 1. The minimum absolute atomic E-state index is 0.159. The monoisotopic (exact) mass is 315 g/mol. The fourth-order valence-corrected chi connectivity index (χ4v) is 1.73. The van der Waals surface area contributed by atoms with Crippen molar-refractivity contribution in [2.75, 3.05) is 6.54 Å². The highest BCUT2D eigenvalue weighted by atomic mass is 19.1. The van der Waals surface area contributed by atoms with E-state index in [1.165, 1.54) is 18.2 Å². The van der Waals surface area contributed by atoms with E-state index in [4.69, 9.17) is 0 Å². The molecule has 2 rings (SSSR count). The maximum Gasteiger partial charge on any atom is 0.269 e. The summed E-state index contributed by atoms with van der Waals surface area (Å²) in [6.07, 6.45) is 0. The lowest BCUT2D eigenvalue weighted by molar-refractivity contribution is -0.120. The minimum atomic E-state index is -0.715. The molecule has 0 radical (unpaired) electrons. The van der Waals surface area contributed by atoms with Gasteiger partial charge in [-0.05, 0) is 24.3 Å². The molecule has 2 aromatic carbocycles. The summed E-state index contributed by atoms with van der Waals surface area (Å²) in [6.45, 7) is -0.401. The van der Waals surface area contributed by atoms with Crippen molar-refractivity contribution in [2.45, 2.75) is 0 Å². The van der Waals surface area contributed by atoms with Crippen LogP contribution in [0.3, 0.4) is 0 Å². The number of benzene rings is 2. The van der Waals surface area contributed by atoms with E-state index in [9.17, 15) is 18.8 Å². The third kappa shape index (κ3) is 4.63. The molecule has 0 atom stereocenters. The Hall–Kier alpha value is -3.22. The molecule has 7 heteroatoms. The van der Waals surface area contributed by atoms with Crippen LogP contribution in [0.4, 0.5) is 4.39 Å². The zero-order chi connectivity index (χ0) is 16.7. The molecule has 3 amide bonds. The molecule has 0 aliphatic rings. The third-order valence-corrected chi connectivity index (χ3v) is 2.88. The zero-order valence-electron chi connectivity index (χ0n) is 12.0. The molecule has 0 heterocycles. The quantitative estimate of drug-likeness (QED) is 0.736. The summed E-state index contributed by atoms with van der Waals surface area (Å²) in [7, 11) is 0. The van der Waals surface area contributed by atoms with Gasteiger partial charge < -0.3 is 5.32 Å². The highest BCUT2D eigenvalue weighted by Gasteiger charge is 2.12. The Bertz CT molecular complexity index is 720. The van der Waals surface area contributed by atoms with E-state index in [0.717, 1.165) is 6.07 Å². The molecule has 0 aliphatic heterocycles. The second kappa shape index (κ2) is 7.69. The topological polar surface area (TPSA) is 87.3 Å². The van der Waals surface area contributed by atoms with Crippen LogP contribution < -0.4 is 16.2 Å². The summed E-state index contributed by atoms with van der Waals surface area (Å²) < 4.78 is 13.4.